The van der Waals surface area contributed by atoms with Crippen LogP contribution in [-0.2, 0) is 0 Å². The van der Waals surface area contributed by atoms with Crippen molar-refractivity contribution in [3.63, 3.8) is 0 Å². The lowest BCUT2D eigenvalue weighted by Gasteiger charge is -1.91. The molecule has 0 saturated carbocycles. The van der Waals surface area contributed by atoms with Crippen LogP contribution >= 0.6 is 43.9 Å². The minimum atomic E-state index is -0.0870. The Bertz CT molecular complexity index is 159. The van der Waals surface area contributed by atoms with Gasteiger partial charge >= 0.3 is 0 Å². The second kappa shape index (κ2) is 2.99. The zero-order chi connectivity index (χ0) is 5.98. The van der Waals surface area contributed by atoms with Crippen molar-refractivity contribution in [3.05, 3.63) is 21.3 Å². The highest BCUT2D eigenvalue weighted by Gasteiger charge is 1.91. The normalized spacial score (nSPS) is 18.8. The molecule has 3 heteroatoms. The highest BCUT2D eigenvalue weighted by Crippen LogP contribution is 2.19. The standard InChI is InChI=1S/C5H3Cl2I/c6-4-1-2-5(7)8-3-4/h1-3H. The van der Waals surface area contributed by atoms with Crippen LogP contribution in [0.15, 0.2) is 21.3 Å². The summed E-state index contributed by atoms with van der Waals surface area (Å²) in [5, 5.41) is 0.821. The van der Waals surface area contributed by atoms with Crippen LogP contribution < -0.4 is 0 Å². The molecule has 0 atom stereocenters. The summed E-state index contributed by atoms with van der Waals surface area (Å²) >= 11 is 11.2. The van der Waals surface area contributed by atoms with Crippen LogP contribution in [0.3, 0.4) is 0 Å². The van der Waals surface area contributed by atoms with Crippen molar-refractivity contribution in [1.29, 1.82) is 0 Å². The fraction of sp³-hybridized carbons (Fsp3) is 0. The van der Waals surface area contributed by atoms with Crippen molar-refractivity contribution in [2.24, 2.45) is 0 Å². The van der Waals surface area contributed by atoms with Crippen LogP contribution in [-0.4, -0.2) is 2.97 Å². The Morgan fingerprint density at radius 2 is 2.00 bits per heavy atom. The highest BCUT2D eigenvalue weighted by molar-refractivity contribution is 14.2. The van der Waals surface area contributed by atoms with E-state index in [-0.39, 0.29) is 20.7 Å². The molecule has 1 aliphatic heterocycles. The molecule has 0 spiro atoms. The quantitative estimate of drug-likeness (QED) is 0.588. The van der Waals surface area contributed by atoms with Crippen LogP contribution in [0.1, 0.15) is 0 Å². The van der Waals surface area contributed by atoms with Crippen LogP contribution in [0.25, 0.3) is 0 Å². The summed E-state index contributed by atoms with van der Waals surface area (Å²) in [6, 6.07) is 0. The summed E-state index contributed by atoms with van der Waals surface area (Å²) in [6.45, 7) is 0. The number of rotatable bonds is 0. The van der Waals surface area contributed by atoms with E-state index in [4.69, 9.17) is 23.2 Å². The molecule has 0 nitrogen and oxygen atoms in total. The van der Waals surface area contributed by atoms with E-state index in [1.807, 2.05) is 16.2 Å². The molecule has 0 saturated heterocycles. The fourth-order valence-corrected chi connectivity index (χ4v) is 2.19. The molecular formula is C5H3Cl2I. The van der Waals surface area contributed by atoms with Crippen molar-refractivity contribution >= 4 is 46.9 Å². The zero-order valence-electron chi connectivity index (χ0n) is 3.87. The second-order valence-electron chi connectivity index (χ2n) is 1.23. The van der Waals surface area contributed by atoms with Crippen LogP contribution in [0.4, 0.5) is 0 Å². The largest absolute Gasteiger partial charge is 0.0839 e. The highest BCUT2D eigenvalue weighted by atomic mass is 127. The van der Waals surface area contributed by atoms with Crippen LogP contribution in [0.2, 0.25) is 0 Å². The number of hydrogen-bond acceptors (Lipinski definition) is 0. The van der Waals surface area contributed by atoms with E-state index in [0.717, 1.165) is 8.00 Å². The molecule has 0 aliphatic carbocycles. The van der Waals surface area contributed by atoms with Gasteiger partial charge in [0.25, 0.3) is 0 Å². The molecule has 0 fully saturated rings. The molecule has 1 rings (SSSR count). The van der Waals surface area contributed by atoms with Gasteiger partial charge in [-0.3, -0.25) is 0 Å². The first-order chi connectivity index (χ1) is 3.79. The van der Waals surface area contributed by atoms with Crippen molar-refractivity contribution < 1.29 is 0 Å². The maximum absolute atomic E-state index is 5.66. The van der Waals surface area contributed by atoms with Crippen LogP contribution in [0.5, 0.6) is 0 Å². The van der Waals surface area contributed by atoms with Crippen molar-refractivity contribution in [2.75, 3.05) is 0 Å². The van der Waals surface area contributed by atoms with Crippen molar-refractivity contribution in [1.82, 2.24) is 0 Å². The first kappa shape index (κ1) is 6.78. The zero-order valence-corrected chi connectivity index (χ0v) is 7.54. The third-order valence-corrected chi connectivity index (χ3v) is 3.85. The van der Waals surface area contributed by atoms with Gasteiger partial charge in [0.15, 0.2) is 0 Å². The van der Waals surface area contributed by atoms with E-state index in [2.05, 4.69) is 0 Å². The first-order valence-corrected chi connectivity index (χ1v) is 5.06. The Hall–Kier alpha value is 0.660. The van der Waals surface area contributed by atoms with Gasteiger partial charge in [-0.25, -0.2) is 0 Å². The summed E-state index contributed by atoms with van der Waals surface area (Å²) in [7, 11) is 0. The molecule has 0 bridgehead atoms. The lowest BCUT2D eigenvalue weighted by Crippen LogP contribution is -1.75. The lowest BCUT2D eigenvalue weighted by molar-refractivity contribution is 1.99. The van der Waals surface area contributed by atoms with E-state index in [9.17, 15) is 0 Å². The second-order valence-corrected chi connectivity index (χ2v) is 5.12. The van der Waals surface area contributed by atoms with Gasteiger partial charge in [-0.05, 0) is 16.2 Å². The fourth-order valence-electron chi connectivity index (χ4n) is 0.320. The summed E-state index contributed by atoms with van der Waals surface area (Å²) < 4.78 is 2.94. The Kier molecular flexibility index (Phi) is 2.53. The first-order valence-electron chi connectivity index (χ1n) is 1.98. The smallest absolute Gasteiger partial charge is 0.0735 e. The van der Waals surface area contributed by atoms with E-state index in [1.165, 1.54) is 0 Å². The van der Waals surface area contributed by atoms with Gasteiger partial charge in [-0.2, -0.15) is 0 Å². The van der Waals surface area contributed by atoms with Gasteiger partial charge in [0.1, 0.15) is 0 Å². The lowest BCUT2D eigenvalue weighted by atomic mass is 10.5. The minimum Gasteiger partial charge on any atom is -0.0839 e. The van der Waals surface area contributed by atoms with Gasteiger partial charge in [0.05, 0.1) is 2.97 Å². The van der Waals surface area contributed by atoms with Gasteiger partial charge in [0, 0.05) is 5.03 Å². The third kappa shape index (κ3) is 1.88. The molecule has 0 radical (unpaired) electrons. The van der Waals surface area contributed by atoms with E-state index >= 15 is 0 Å². The molecule has 0 amide bonds. The average molecular weight is 261 g/mol. The molecule has 0 aromatic heterocycles. The topological polar surface area (TPSA) is 0 Å². The van der Waals surface area contributed by atoms with E-state index < -0.39 is 0 Å². The molecule has 8 heavy (non-hydrogen) atoms. The monoisotopic (exact) mass is 260 g/mol. The molecule has 44 valence electrons. The third-order valence-electron chi connectivity index (χ3n) is 0.632. The maximum Gasteiger partial charge on any atom is 0.0735 e. The molecule has 0 aromatic rings. The van der Waals surface area contributed by atoms with Gasteiger partial charge in [0.2, 0.25) is 0 Å². The summed E-state index contributed by atoms with van der Waals surface area (Å²) in [6.07, 6.45) is 3.67. The Morgan fingerprint density at radius 1 is 1.25 bits per heavy atom. The number of hydrogen-bond donors (Lipinski definition) is 0. The molecule has 1 aliphatic rings. The van der Waals surface area contributed by atoms with Crippen molar-refractivity contribution in [3.8, 4) is 0 Å². The van der Waals surface area contributed by atoms with Gasteiger partial charge < -0.3 is 0 Å². The Morgan fingerprint density at radius 3 is 2.38 bits per heavy atom. The summed E-state index contributed by atoms with van der Waals surface area (Å²) in [4.78, 5) is 0. The Balaban J connectivity index is 2.86. The van der Waals surface area contributed by atoms with E-state index in [1.54, 1.807) is 0 Å². The van der Waals surface area contributed by atoms with E-state index in [0.29, 0.717) is 0 Å². The minimum absolute atomic E-state index is 0.0870. The summed E-state index contributed by atoms with van der Waals surface area (Å²) in [5.74, 6) is 0. The molecule has 1 heterocycles. The van der Waals surface area contributed by atoms with Gasteiger partial charge in [-0.1, -0.05) is 43.9 Å². The van der Waals surface area contributed by atoms with Crippen LogP contribution in [0, 0.1) is 0 Å². The molecular weight excluding hydrogens is 258 g/mol. The number of halogens is 3. The number of allylic oxidation sites excluding steroid dienone is 3. The maximum atomic E-state index is 5.66. The SMILES string of the molecule is ClC1=CI=C(Cl)C=C1. The molecule has 0 unspecified atom stereocenters. The average Bonchev–Trinajstić information content (AvgIpc) is 1.77. The predicted molar refractivity (Wildman–Crippen MR) is 48.0 cm³/mol. The van der Waals surface area contributed by atoms with Gasteiger partial charge in [-0.15, -0.1) is 0 Å². The van der Waals surface area contributed by atoms with Crippen molar-refractivity contribution in [2.45, 2.75) is 0 Å². The predicted octanol–water partition coefficient (Wildman–Crippen LogP) is 2.98. The molecule has 0 N–H and O–H groups in total. The Labute approximate surface area is 67.9 Å². The molecule has 0 aromatic carbocycles. The summed E-state index contributed by atoms with van der Waals surface area (Å²) in [5.41, 5.74) is 0.